The Balaban J connectivity index is 1.65. The zero-order valence-electron chi connectivity index (χ0n) is 14.7. The average Bonchev–Trinajstić information content (AvgIpc) is 2.87. The second-order valence-corrected chi connectivity index (χ2v) is 7.32. The van der Waals surface area contributed by atoms with Crippen molar-refractivity contribution in [1.29, 1.82) is 0 Å². The number of carbonyl (C=O) groups is 1. The smallest absolute Gasteiger partial charge is 0.387 e. The molecule has 26 heavy (non-hydrogen) atoms. The zero-order chi connectivity index (χ0) is 18.5. The Labute approximate surface area is 156 Å². The fourth-order valence-electron chi connectivity index (χ4n) is 3.11. The van der Waals surface area contributed by atoms with Crippen LogP contribution in [0, 0.1) is 6.92 Å². The second-order valence-electron chi connectivity index (χ2n) is 6.32. The number of rotatable bonds is 5. The molecule has 1 fully saturated rings. The van der Waals surface area contributed by atoms with Gasteiger partial charge >= 0.3 is 6.61 Å². The van der Waals surface area contributed by atoms with Gasteiger partial charge in [0.2, 0.25) is 0 Å². The lowest BCUT2D eigenvalue weighted by Gasteiger charge is -2.23. The lowest BCUT2D eigenvalue weighted by molar-refractivity contribution is -0.0502. The number of thiophene rings is 1. The van der Waals surface area contributed by atoms with E-state index in [4.69, 9.17) is 0 Å². The van der Waals surface area contributed by atoms with E-state index in [2.05, 4.69) is 28.0 Å². The highest BCUT2D eigenvalue weighted by molar-refractivity contribution is 7.10. The largest absolute Gasteiger partial charge is 0.434 e. The van der Waals surface area contributed by atoms with Crippen molar-refractivity contribution in [1.82, 2.24) is 9.80 Å². The summed E-state index contributed by atoms with van der Waals surface area (Å²) in [7, 11) is 0. The van der Waals surface area contributed by atoms with Gasteiger partial charge in [-0.05, 0) is 42.5 Å². The van der Waals surface area contributed by atoms with Crippen LogP contribution in [0.2, 0.25) is 0 Å². The van der Waals surface area contributed by atoms with E-state index in [1.165, 1.54) is 22.6 Å². The maximum atomic E-state index is 12.8. The van der Waals surface area contributed by atoms with E-state index < -0.39 is 6.61 Å². The fraction of sp³-hybridized carbons (Fsp3) is 0.421. The van der Waals surface area contributed by atoms with Crippen molar-refractivity contribution in [3.63, 3.8) is 0 Å². The molecule has 1 saturated heterocycles. The van der Waals surface area contributed by atoms with Crippen molar-refractivity contribution in [2.24, 2.45) is 0 Å². The first-order valence-corrected chi connectivity index (χ1v) is 9.51. The van der Waals surface area contributed by atoms with E-state index in [0.29, 0.717) is 13.1 Å². The first-order chi connectivity index (χ1) is 12.5. The Hall–Kier alpha value is -1.99. The van der Waals surface area contributed by atoms with Gasteiger partial charge in [-0.2, -0.15) is 8.78 Å². The van der Waals surface area contributed by atoms with Crippen LogP contribution in [0.25, 0.3) is 0 Å². The van der Waals surface area contributed by atoms with E-state index >= 15 is 0 Å². The Morgan fingerprint density at radius 1 is 1.19 bits per heavy atom. The van der Waals surface area contributed by atoms with E-state index in [1.807, 2.05) is 0 Å². The molecule has 7 heteroatoms. The third-order valence-electron chi connectivity index (χ3n) is 4.54. The molecule has 1 aromatic heterocycles. The number of amides is 1. The summed E-state index contributed by atoms with van der Waals surface area (Å²) in [5.74, 6) is -0.321. The number of ether oxygens (including phenoxy) is 1. The molecule has 0 unspecified atom stereocenters. The number of hydrogen-bond donors (Lipinski definition) is 0. The number of aryl methyl sites for hydroxylation is 1. The van der Waals surface area contributed by atoms with Gasteiger partial charge in [-0.1, -0.05) is 12.1 Å². The molecule has 0 saturated carbocycles. The van der Waals surface area contributed by atoms with Crippen molar-refractivity contribution in [2.45, 2.75) is 26.5 Å². The molecule has 2 aromatic rings. The summed E-state index contributed by atoms with van der Waals surface area (Å²) in [6, 6.07) is 8.31. The number of halogens is 2. The van der Waals surface area contributed by atoms with Gasteiger partial charge in [0.25, 0.3) is 5.91 Å². The highest BCUT2D eigenvalue weighted by atomic mass is 32.1. The standard InChI is InChI=1S/C19H22F2N2O2S/c1-14-7-12-26-17(14)13-22-8-4-9-23(11-10-22)18(24)15-5-2-3-6-16(15)25-19(20)21/h2-3,5-7,12,19H,4,8-11,13H2,1H3. The van der Waals surface area contributed by atoms with Crippen LogP contribution in [0.15, 0.2) is 35.7 Å². The predicted octanol–water partition coefficient (Wildman–Crippen LogP) is 4.01. The van der Waals surface area contributed by atoms with Crippen LogP contribution in [-0.2, 0) is 6.54 Å². The van der Waals surface area contributed by atoms with Gasteiger partial charge < -0.3 is 9.64 Å². The average molecular weight is 380 g/mol. The van der Waals surface area contributed by atoms with Crippen molar-refractivity contribution in [3.05, 3.63) is 51.7 Å². The predicted molar refractivity (Wildman–Crippen MR) is 97.9 cm³/mol. The van der Waals surface area contributed by atoms with Crippen LogP contribution in [0.5, 0.6) is 5.75 Å². The number of nitrogens with zero attached hydrogens (tertiary/aromatic N) is 2. The molecule has 0 aliphatic carbocycles. The van der Waals surface area contributed by atoms with Gasteiger partial charge in [0.1, 0.15) is 5.75 Å². The number of para-hydroxylation sites is 1. The van der Waals surface area contributed by atoms with E-state index in [1.54, 1.807) is 28.4 Å². The minimum absolute atomic E-state index is 0.0668. The van der Waals surface area contributed by atoms with Crippen LogP contribution < -0.4 is 4.74 Å². The molecule has 1 aliphatic heterocycles. The van der Waals surface area contributed by atoms with E-state index in [9.17, 15) is 13.6 Å². The SMILES string of the molecule is Cc1ccsc1CN1CCCN(C(=O)c2ccccc2OC(F)F)CC1. The van der Waals surface area contributed by atoms with E-state index in [0.717, 1.165) is 26.1 Å². The molecule has 0 bridgehead atoms. The van der Waals surface area contributed by atoms with E-state index in [-0.39, 0.29) is 17.2 Å². The topological polar surface area (TPSA) is 32.8 Å². The maximum absolute atomic E-state index is 12.8. The summed E-state index contributed by atoms with van der Waals surface area (Å²) in [6.07, 6.45) is 0.855. The van der Waals surface area contributed by atoms with Crippen LogP contribution in [-0.4, -0.2) is 48.5 Å². The molecule has 1 aliphatic rings. The molecule has 140 valence electrons. The molecule has 3 rings (SSSR count). The van der Waals surface area contributed by atoms with Crippen molar-refractivity contribution >= 4 is 17.2 Å². The third kappa shape index (κ3) is 4.59. The summed E-state index contributed by atoms with van der Waals surface area (Å²) >= 11 is 1.75. The molecule has 4 nitrogen and oxygen atoms in total. The molecular weight excluding hydrogens is 358 g/mol. The molecule has 0 atom stereocenters. The monoisotopic (exact) mass is 380 g/mol. The number of carbonyl (C=O) groups excluding carboxylic acids is 1. The minimum Gasteiger partial charge on any atom is -0.434 e. The van der Waals surface area contributed by atoms with Gasteiger partial charge in [-0.3, -0.25) is 9.69 Å². The summed E-state index contributed by atoms with van der Waals surface area (Å²) in [5.41, 5.74) is 1.49. The Morgan fingerprint density at radius 3 is 2.73 bits per heavy atom. The normalized spacial score (nSPS) is 15.9. The summed E-state index contributed by atoms with van der Waals surface area (Å²) in [5, 5.41) is 2.10. The Morgan fingerprint density at radius 2 is 2.00 bits per heavy atom. The first kappa shape index (κ1) is 18.8. The van der Waals surface area contributed by atoms with Crippen molar-refractivity contribution in [2.75, 3.05) is 26.2 Å². The van der Waals surface area contributed by atoms with Crippen molar-refractivity contribution < 1.29 is 18.3 Å². The number of hydrogen-bond acceptors (Lipinski definition) is 4. The third-order valence-corrected chi connectivity index (χ3v) is 5.55. The molecule has 2 heterocycles. The summed E-state index contributed by atoms with van der Waals surface area (Å²) in [4.78, 5) is 18.2. The van der Waals surface area contributed by atoms with Gasteiger partial charge in [-0.15, -0.1) is 11.3 Å². The molecule has 1 amide bonds. The van der Waals surface area contributed by atoms with Gasteiger partial charge in [0, 0.05) is 37.6 Å². The van der Waals surface area contributed by atoms with Crippen molar-refractivity contribution in [3.8, 4) is 5.75 Å². The maximum Gasteiger partial charge on any atom is 0.387 e. The Bertz CT molecular complexity index is 751. The Kier molecular flexibility index (Phi) is 6.21. The molecular formula is C19H22F2N2O2S. The minimum atomic E-state index is -2.95. The quantitative estimate of drug-likeness (QED) is 0.786. The highest BCUT2D eigenvalue weighted by Gasteiger charge is 2.24. The number of benzene rings is 1. The molecule has 1 aromatic carbocycles. The first-order valence-electron chi connectivity index (χ1n) is 8.63. The van der Waals surface area contributed by atoms with Gasteiger partial charge in [0.15, 0.2) is 0 Å². The molecule has 0 spiro atoms. The van der Waals surface area contributed by atoms with Gasteiger partial charge in [0.05, 0.1) is 5.56 Å². The second kappa shape index (κ2) is 8.60. The molecule has 0 radical (unpaired) electrons. The summed E-state index contributed by atoms with van der Waals surface area (Å²) < 4.78 is 29.7. The zero-order valence-corrected chi connectivity index (χ0v) is 15.5. The number of alkyl halides is 2. The van der Waals surface area contributed by atoms with Crippen LogP contribution in [0.3, 0.4) is 0 Å². The summed E-state index contributed by atoms with van der Waals surface area (Å²) in [6.45, 7) is 2.92. The highest BCUT2D eigenvalue weighted by Crippen LogP contribution is 2.23. The van der Waals surface area contributed by atoms with Crippen LogP contribution >= 0.6 is 11.3 Å². The molecule has 0 N–H and O–H groups in total. The fourth-order valence-corrected chi connectivity index (χ4v) is 4.06. The van der Waals surface area contributed by atoms with Gasteiger partial charge in [-0.25, -0.2) is 0 Å². The van der Waals surface area contributed by atoms with Crippen LogP contribution in [0.1, 0.15) is 27.2 Å². The lowest BCUT2D eigenvalue weighted by Crippen LogP contribution is -2.35. The lowest BCUT2D eigenvalue weighted by atomic mass is 10.1. The van der Waals surface area contributed by atoms with Crippen LogP contribution in [0.4, 0.5) is 8.78 Å².